The lowest BCUT2D eigenvalue weighted by atomic mass is 9.97. The molecule has 0 spiro atoms. The molecule has 0 radical (unpaired) electrons. The summed E-state index contributed by atoms with van der Waals surface area (Å²) in [5, 5.41) is 33.6. The first-order valence-electron chi connectivity index (χ1n) is 9.84. The van der Waals surface area contributed by atoms with Crippen molar-refractivity contribution in [2.75, 3.05) is 6.61 Å². The van der Waals surface area contributed by atoms with E-state index in [1.165, 1.54) is 0 Å². The molecule has 0 rings (SSSR count). The van der Waals surface area contributed by atoms with Crippen molar-refractivity contribution in [3.63, 3.8) is 0 Å². The Morgan fingerprint density at radius 1 is 0.906 bits per heavy atom. The van der Waals surface area contributed by atoms with Crippen LogP contribution in [0, 0.1) is 5.92 Å². The number of aliphatic hydroxyl groups excluding tert-OH is 1. The number of rotatable bonds is 15. The number of carboxylic acids is 2. The maximum Gasteiger partial charge on any atom is 0.328 e. The van der Waals surface area contributed by atoms with E-state index in [0.717, 1.165) is 0 Å². The number of nitrogens with two attached hydrogens (primary N) is 2. The Morgan fingerprint density at radius 2 is 1.47 bits per heavy atom. The number of aliphatic carboxylic acids is 2. The van der Waals surface area contributed by atoms with Crippen molar-refractivity contribution in [2.24, 2.45) is 17.4 Å². The van der Waals surface area contributed by atoms with Crippen LogP contribution < -0.4 is 27.4 Å². The first kappa shape index (κ1) is 28.7. The van der Waals surface area contributed by atoms with Gasteiger partial charge in [0.1, 0.15) is 18.1 Å². The second-order valence-electron chi connectivity index (χ2n) is 7.22. The molecule has 0 heterocycles. The van der Waals surface area contributed by atoms with E-state index in [1.54, 1.807) is 13.8 Å². The molecule has 0 aliphatic rings. The molecular formula is C18H31N5O9. The van der Waals surface area contributed by atoms with E-state index >= 15 is 0 Å². The molecule has 14 nitrogen and oxygen atoms in total. The van der Waals surface area contributed by atoms with Crippen LogP contribution in [-0.2, 0) is 28.8 Å². The number of primary amides is 1. The van der Waals surface area contributed by atoms with Crippen molar-refractivity contribution < 1.29 is 44.1 Å². The van der Waals surface area contributed by atoms with Gasteiger partial charge in [-0.2, -0.15) is 0 Å². The molecule has 0 aromatic rings. The number of amides is 4. The zero-order valence-corrected chi connectivity index (χ0v) is 17.9. The van der Waals surface area contributed by atoms with Gasteiger partial charge in [-0.1, -0.05) is 20.3 Å². The van der Waals surface area contributed by atoms with Crippen molar-refractivity contribution in [3.8, 4) is 0 Å². The summed E-state index contributed by atoms with van der Waals surface area (Å²) in [6, 6.07) is -5.63. The molecule has 0 saturated carbocycles. The van der Waals surface area contributed by atoms with Gasteiger partial charge in [-0.3, -0.25) is 24.0 Å². The minimum absolute atomic E-state index is 0.382. The lowest BCUT2D eigenvalue weighted by molar-refractivity contribution is -0.144. The molecule has 0 aliphatic carbocycles. The van der Waals surface area contributed by atoms with Gasteiger partial charge in [0.25, 0.3) is 0 Å². The predicted octanol–water partition coefficient (Wildman–Crippen LogP) is -3.37. The van der Waals surface area contributed by atoms with Crippen LogP contribution >= 0.6 is 0 Å². The molecule has 4 amide bonds. The third kappa shape index (κ3) is 10.2. The first-order chi connectivity index (χ1) is 14.8. The average Bonchev–Trinajstić information content (AvgIpc) is 2.70. The van der Waals surface area contributed by atoms with E-state index in [2.05, 4.69) is 10.6 Å². The van der Waals surface area contributed by atoms with Gasteiger partial charge in [-0.25, -0.2) is 4.79 Å². The molecule has 10 N–H and O–H groups in total. The predicted molar refractivity (Wildman–Crippen MR) is 109 cm³/mol. The highest BCUT2D eigenvalue weighted by Gasteiger charge is 2.32. The summed E-state index contributed by atoms with van der Waals surface area (Å²) in [4.78, 5) is 70.4. The minimum atomic E-state index is -1.66. The van der Waals surface area contributed by atoms with E-state index in [0.29, 0.717) is 6.42 Å². The van der Waals surface area contributed by atoms with Crippen molar-refractivity contribution in [2.45, 2.75) is 63.7 Å². The second-order valence-corrected chi connectivity index (χ2v) is 7.22. The number of hydrogen-bond acceptors (Lipinski definition) is 8. The summed E-state index contributed by atoms with van der Waals surface area (Å²) in [6.07, 6.45) is -0.949. The zero-order valence-electron chi connectivity index (χ0n) is 17.9. The molecule has 0 saturated heterocycles. The first-order valence-corrected chi connectivity index (χ1v) is 9.84. The molecule has 14 heteroatoms. The Morgan fingerprint density at radius 3 is 1.91 bits per heavy atom. The van der Waals surface area contributed by atoms with E-state index in [-0.39, 0.29) is 6.42 Å². The summed E-state index contributed by atoms with van der Waals surface area (Å²) >= 11 is 0. The molecule has 0 bridgehead atoms. The van der Waals surface area contributed by atoms with Gasteiger partial charge >= 0.3 is 11.9 Å². The maximum absolute atomic E-state index is 12.8. The molecule has 5 unspecified atom stereocenters. The lowest BCUT2D eigenvalue weighted by Gasteiger charge is -2.27. The van der Waals surface area contributed by atoms with Crippen molar-refractivity contribution in [3.05, 3.63) is 0 Å². The highest BCUT2D eigenvalue weighted by atomic mass is 16.4. The summed E-state index contributed by atoms with van der Waals surface area (Å²) < 4.78 is 0. The van der Waals surface area contributed by atoms with Crippen LogP contribution in [0.15, 0.2) is 0 Å². The maximum atomic E-state index is 12.8. The summed E-state index contributed by atoms with van der Waals surface area (Å²) in [7, 11) is 0. The number of hydrogen-bond donors (Lipinski definition) is 8. The summed E-state index contributed by atoms with van der Waals surface area (Å²) in [6.45, 7) is 2.43. The molecule has 0 aromatic carbocycles. The third-order valence-electron chi connectivity index (χ3n) is 4.63. The van der Waals surface area contributed by atoms with Gasteiger partial charge < -0.3 is 42.7 Å². The Labute approximate surface area is 184 Å². The van der Waals surface area contributed by atoms with Crippen LogP contribution in [0.5, 0.6) is 0 Å². The fourth-order valence-corrected chi connectivity index (χ4v) is 2.53. The molecule has 5 atom stereocenters. The third-order valence-corrected chi connectivity index (χ3v) is 4.63. The quantitative estimate of drug-likeness (QED) is 0.120. The smallest absolute Gasteiger partial charge is 0.328 e. The zero-order chi connectivity index (χ0) is 25.0. The number of nitrogens with one attached hydrogen (secondary N) is 3. The van der Waals surface area contributed by atoms with Gasteiger partial charge in [-0.15, -0.1) is 0 Å². The van der Waals surface area contributed by atoms with Crippen molar-refractivity contribution in [1.82, 2.24) is 16.0 Å². The second kappa shape index (κ2) is 13.9. The Kier molecular flexibility index (Phi) is 12.5. The average molecular weight is 461 g/mol. The SMILES string of the molecule is CCC(C)C(NC(=O)C(N)CC(N)=O)C(=O)NC(CCC(=O)O)C(=O)NC(CO)C(=O)O. The summed E-state index contributed by atoms with van der Waals surface area (Å²) in [5.74, 6) is -6.77. The topological polar surface area (TPSA) is 251 Å². The van der Waals surface area contributed by atoms with E-state index < -0.39 is 85.1 Å². The fourth-order valence-electron chi connectivity index (χ4n) is 2.53. The minimum Gasteiger partial charge on any atom is -0.481 e. The number of carbonyl (C=O) groups is 6. The Hall–Kier alpha value is -3.26. The Balaban J connectivity index is 5.54. The monoisotopic (exact) mass is 461 g/mol. The van der Waals surface area contributed by atoms with E-state index in [9.17, 15) is 28.8 Å². The fraction of sp³-hybridized carbons (Fsp3) is 0.667. The highest BCUT2D eigenvalue weighted by Crippen LogP contribution is 2.10. The molecule has 32 heavy (non-hydrogen) atoms. The van der Waals surface area contributed by atoms with Gasteiger partial charge in [0.15, 0.2) is 0 Å². The van der Waals surface area contributed by atoms with E-state index in [1.807, 2.05) is 5.32 Å². The van der Waals surface area contributed by atoms with Crippen LogP contribution in [0.1, 0.15) is 39.5 Å². The molecular weight excluding hydrogens is 430 g/mol. The molecule has 0 aromatic heterocycles. The summed E-state index contributed by atoms with van der Waals surface area (Å²) in [5.41, 5.74) is 10.6. The number of carbonyl (C=O) groups excluding carboxylic acids is 4. The molecule has 0 aliphatic heterocycles. The lowest BCUT2D eigenvalue weighted by Crippen LogP contribution is -2.59. The van der Waals surface area contributed by atoms with Gasteiger partial charge in [0, 0.05) is 6.42 Å². The number of aliphatic hydroxyl groups is 1. The van der Waals surface area contributed by atoms with Crippen LogP contribution in [-0.4, -0.2) is 81.7 Å². The molecule has 182 valence electrons. The normalized spacial score (nSPS) is 15.4. The highest BCUT2D eigenvalue weighted by molar-refractivity contribution is 5.95. The van der Waals surface area contributed by atoms with Gasteiger partial charge in [-0.05, 0) is 12.3 Å². The number of carboxylic acid groups (broad SMARTS) is 2. The van der Waals surface area contributed by atoms with Crippen LogP contribution in [0.2, 0.25) is 0 Å². The van der Waals surface area contributed by atoms with E-state index in [4.69, 9.17) is 26.8 Å². The van der Waals surface area contributed by atoms with Crippen LogP contribution in [0.25, 0.3) is 0 Å². The van der Waals surface area contributed by atoms with Gasteiger partial charge in [0.2, 0.25) is 23.6 Å². The van der Waals surface area contributed by atoms with Crippen molar-refractivity contribution in [1.29, 1.82) is 0 Å². The Bertz CT molecular complexity index is 715. The molecule has 0 fully saturated rings. The van der Waals surface area contributed by atoms with Crippen LogP contribution in [0.4, 0.5) is 0 Å². The van der Waals surface area contributed by atoms with Crippen LogP contribution in [0.3, 0.4) is 0 Å². The standard InChI is InChI=1S/C18H31N5O9/c1-3-8(2)14(23-15(28)9(19)6-12(20)25)17(30)21-10(4-5-13(26)27)16(29)22-11(7-24)18(31)32/h8-11,14,24H,3-7,19H2,1-2H3,(H2,20,25)(H,21,30)(H,22,29)(H,23,28)(H,26,27)(H,31,32). The van der Waals surface area contributed by atoms with Gasteiger partial charge in [0.05, 0.1) is 19.1 Å². The van der Waals surface area contributed by atoms with Crippen molar-refractivity contribution >= 4 is 35.6 Å². The largest absolute Gasteiger partial charge is 0.481 e.